The number of amides is 2. The van der Waals surface area contributed by atoms with Gasteiger partial charge in [0.15, 0.2) is 11.5 Å². The van der Waals surface area contributed by atoms with Crippen LogP contribution in [0.15, 0.2) is 60.7 Å². The molecular weight excluding hydrogens is 496 g/mol. The molecule has 0 bridgehead atoms. The van der Waals surface area contributed by atoms with Crippen LogP contribution < -0.4 is 19.5 Å². The number of hydrogen-bond acceptors (Lipinski definition) is 6. The van der Waals surface area contributed by atoms with Crippen LogP contribution in [0, 0.1) is 0 Å². The van der Waals surface area contributed by atoms with Crippen LogP contribution in [0.1, 0.15) is 34.5 Å². The van der Waals surface area contributed by atoms with Gasteiger partial charge in [-0.15, -0.1) is 0 Å². The monoisotopic (exact) mass is 524 g/mol. The summed E-state index contributed by atoms with van der Waals surface area (Å²) < 4.78 is 22.2. The van der Waals surface area contributed by atoms with E-state index in [-0.39, 0.29) is 18.6 Å². The van der Waals surface area contributed by atoms with Gasteiger partial charge in [0.05, 0.1) is 32.4 Å². The summed E-state index contributed by atoms with van der Waals surface area (Å²) in [6, 6.07) is 16.9. The SMILES string of the molecule is CCOC(=O)c1ccc(OC[C@@H]2c3cc(OC)c(OC)cc3CCN2C(=O)Nc2cccc(Cl)c2)cc1. The maximum absolute atomic E-state index is 13.4. The van der Waals surface area contributed by atoms with Crippen molar-refractivity contribution in [2.24, 2.45) is 0 Å². The van der Waals surface area contributed by atoms with Crippen LogP contribution in [-0.2, 0) is 11.2 Å². The number of rotatable bonds is 8. The second-order valence-electron chi connectivity index (χ2n) is 8.36. The molecule has 4 rings (SSSR count). The van der Waals surface area contributed by atoms with Crippen LogP contribution in [0.25, 0.3) is 0 Å². The van der Waals surface area contributed by atoms with Gasteiger partial charge in [0.25, 0.3) is 0 Å². The van der Waals surface area contributed by atoms with Gasteiger partial charge in [-0.1, -0.05) is 17.7 Å². The summed E-state index contributed by atoms with van der Waals surface area (Å²) in [5, 5.41) is 3.47. The minimum absolute atomic E-state index is 0.185. The molecule has 3 aromatic carbocycles. The van der Waals surface area contributed by atoms with E-state index in [4.69, 9.17) is 30.5 Å². The molecule has 0 aliphatic carbocycles. The number of anilines is 1. The van der Waals surface area contributed by atoms with Crippen molar-refractivity contribution < 1.29 is 28.5 Å². The van der Waals surface area contributed by atoms with Crippen LogP contribution in [-0.4, -0.2) is 50.9 Å². The van der Waals surface area contributed by atoms with E-state index in [1.807, 2.05) is 12.1 Å². The number of halogens is 1. The highest BCUT2D eigenvalue weighted by Gasteiger charge is 2.33. The number of nitrogens with zero attached hydrogens (tertiary/aromatic N) is 1. The molecule has 0 spiro atoms. The lowest BCUT2D eigenvalue weighted by molar-refractivity contribution is 0.0526. The Kier molecular flexibility index (Phi) is 8.40. The molecule has 1 N–H and O–H groups in total. The molecule has 8 nitrogen and oxygen atoms in total. The van der Waals surface area contributed by atoms with Gasteiger partial charge in [-0.3, -0.25) is 0 Å². The van der Waals surface area contributed by atoms with Gasteiger partial charge in [0.1, 0.15) is 12.4 Å². The first-order valence-electron chi connectivity index (χ1n) is 11.9. The quantitative estimate of drug-likeness (QED) is 0.378. The zero-order valence-corrected chi connectivity index (χ0v) is 21.7. The summed E-state index contributed by atoms with van der Waals surface area (Å²) >= 11 is 6.10. The van der Waals surface area contributed by atoms with Crippen molar-refractivity contribution in [3.05, 3.63) is 82.4 Å². The van der Waals surface area contributed by atoms with E-state index in [1.54, 1.807) is 74.6 Å². The zero-order valence-electron chi connectivity index (χ0n) is 21.0. The fraction of sp³-hybridized carbons (Fsp3) is 0.286. The predicted molar refractivity (Wildman–Crippen MR) is 141 cm³/mol. The number of esters is 1. The average molecular weight is 525 g/mol. The molecule has 1 heterocycles. The Balaban J connectivity index is 1.60. The molecule has 1 aliphatic heterocycles. The van der Waals surface area contributed by atoms with E-state index in [2.05, 4.69) is 5.32 Å². The van der Waals surface area contributed by atoms with E-state index in [0.717, 1.165) is 11.1 Å². The first-order valence-corrected chi connectivity index (χ1v) is 12.3. The molecule has 0 radical (unpaired) electrons. The van der Waals surface area contributed by atoms with Gasteiger partial charge >= 0.3 is 12.0 Å². The average Bonchev–Trinajstić information content (AvgIpc) is 2.91. The molecule has 9 heteroatoms. The lowest BCUT2D eigenvalue weighted by Gasteiger charge is -2.37. The first kappa shape index (κ1) is 26.2. The molecule has 0 unspecified atom stereocenters. The number of hydrogen-bond donors (Lipinski definition) is 1. The highest BCUT2D eigenvalue weighted by atomic mass is 35.5. The Morgan fingerprint density at radius 3 is 2.43 bits per heavy atom. The van der Waals surface area contributed by atoms with E-state index in [1.165, 1.54) is 0 Å². The van der Waals surface area contributed by atoms with E-state index >= 15 is 0 Å². The number of carbonyl (C=O) groups excluding carboxylic acids is 2. The van der Waals surface area contributed by atoms with Crippen LogP contribution in [0.4, 0.5) is 10.5 Å². The lowest BCUT2D eigenvalue weighted by atomic mass is 9.92. The Bertz CT molecular complexity index is 1260. The van der Waals surface area contributed by atoms with E-state index in [0.29, 0.717) is 53.1 Å². The van der Waals surface area contributed by atoms with Crippen LogP contribution in [0.2, 0.25) is 5.02 Å². The van der Waals surface area contributed by atoms with Gasteiger partial charge in [-0.05, 0) is 79.1 Å². The number of nitrogens with one attached hydrogen (secondary N) is 1. The number of urea groups is 1. The molecule has 3 aromatic rings. The summed E-state index contributed by atoms with van der Waals surface area (Å²) in [4.78, 5) is 27.1. The number of benzene rings is 3. The van der Waals surface area contributed by atoms with Gasteiger partial charge < -0.3 is 29.2 Å². The topological polar surface area (TPSA) is 86.3 Å². The molecule has 0 saturated carbocycles. The molecule has 0 saturated heterocycles. The smallest absolute Gasteiger partial charge is 0.338 e. The highest BCUT2D eigenvalue weighted by molar-refractivity contribution is 6.30. The molecule has 0 fully saturated rings. The minimum Gasteiger partial charge on any atom is -0.493 e. The molecule has 0 aromatic heterocycles. The summed E-state index contributed by atoms with van der Waals surface area (Å²) in [6.45, 7) is 2.73. The Labute approximate surface area is 221 Å². The lowest BCUT2D eigenvalue weighted by Crippen LogP contribution is -2.44. The van der Waals surface area contributed by atoms with Crippen molar-refractivity contribution in [3.63, 3.8) is 0 Å². The Morgan fingerprint density at radius 2 is 1.76 bits per heavy atom. The van der Waals surface area contributed by atoms with E-state index in [9.17, 15) is 9.59 Å². The van der Waals surface area contributed by atoms with Gasteiger partial charge in [-0.2, -0.15) is 0 Å². The summed E-state index contributed by atoms with van der Waals surface area (Å²) in [5.41, 5.74) is 3.01. The van der Waals surface area contributed by atoms with Crippen LogP contribution in [0.5, 0.6) is 17.2 Å². The fourth-order valence-electron chi connectivity index (χ4n) is 4.29. The summed E-state index contributed by atoms with van der Waals surface area (Å²) in [6.07, 6.45) is 0.642. The van der Waals surface area contributed by atoms with Gasteiger partial charge in [0, 0.05) is 17.3 Å². The molecule has 37 heavy (non-hydrogen) atoms. The van der Waals surface area contributed by atoms with Crippen molar-refractivity contribution in [2.75, 3.05) is 39.3 Å². The maximum atomic E-state index is 13.4. The molecule has 1 atom stereocenters. The molecule has 1 aliphatic rings. The van der Waals surface area contributed by atoms with Crippen LogP contribution >= 0.6 is 11.6 Å². The zero-order chi connectivity index (χ0) is 26.4. The van der Waals surface area contributed by atoms with Gasteiger partial charge in [0.2, 0.25) is 0 Å². The van der Waals surface area contributed by atoms with Crippen molar-refractivity contribution in [2.45, 2.75) is 19.4 Å². The largest absolute Gasteiger partial charge is 0.493 e. The number of carbonyl (C=O) groups is 2. The predicted octanol–water partition coefficient (Wildman–Crippen LogP) is 5.74. The third-order valence-corrected chi connectivity index (χ3v) is 6.35. The second-order valence-corrected chi connectivity index (χ2v) is 8.80. The van der Waals surface area contributed by atoms with Gasteiger partial charge in [-0.25, -0.2) is 9.59 Å². The highest BCUT2D eigenvalue weighted by Crippen LogP contribution is 2.38. The number of ether oxygens (including phenoxy) is 4. The second kappa shape index (κ2) is 11.9. The summed E-state index contributed by atoms with van der Waals surface area (Å²) in [5.74, 6) is 1.38. The fourth-order valence-corrected chi connectivity index (χ4v) is 4.48. The molecular formula is C28H29ClN2O6. The Hall–Kier alpha value is -3.91. The first-order chi connectivity index (χ1) is 17.9. The normalized spacial score (nSPS) is 14.4. The minimum atomic E-state index is -0.410. The third-order valence-electron chi connectivity index (χ3n) is 6.11. The number of fused-ring (bicyclic) bond motifs is 1. The Morgan fingerprint density at radius 1 is 1.03 bits per heavy atom. The van der Waals surface area contributed by atoms with Crippen molar-refractivity contribution in [3.8, 4) is 17.2 Å². The summed E-state index contributed by atoms with van der Waals surface area (Å²) in [7, 11) is 3.17. The standard InChI is InChI=1S/C28H29ClN2O6/c1-4-36-27(32)18-8-10-22(11-9-18)37-17-24-23-16-26(35-3)25(34-2)14-19(23)12-13-31(24)28(33)30-21-7-5-6-20(29)15-21/h5-11,14-16,24H,4,12-13,17H2,1-3H3,(H,30,33)/t24-/m1/s1. The molecule has 194 valence electrons. The van der Waals surface area contributed by atoms with E-state index < -0.39 is 6.04 Å². The van der Waals surface area contributed by atoms with Crippen molar-refractivity contribution in [1.82, 2.24) is 4.90 Å². The maximum Gasteiger partial charge on any atom is 0.338 e. The number of methoxy groups -OCH3 is 2. The van der Waals surface area contributed by atoms with Crippen molar-refractivity contribution in [1.29, 1.82) is 0 Å². The van der Waals surface area contributed by atoms with Crippen LogP contribution in [0.3, 0.4) is 0 Å². The van der Waals surface area contributed by atoms with Crippen molar-refractivity contribution >= 4 is 29.3 Å². The third kappa shape index (κ3) is 6.09. The molecule has 2 amide bonds.